The lowest BCUT2D eigenvalue weighted by Crippen LogP contribution is -2.24. The molecule has 1 heterocycles. The van der Waals surface area contributed by atoms with Crippen molar-refractivity contribution in [2.45, 2.75) is 38.7 Å². The highest BCUT2D eigenvalue weighted by Gasteiger charge is 2.38. The van der Waals surface area contributed by atoms with Gasteiger partial charge >= 0.3 is 6.11 Å². The van der Waals surface area contributed by atoms with E-state index in [0.29, 0.717) is 30.3 Å². The molecule has 12 heteroatoms. The SMILES string of the molecule is CCCCCc1cnc(C(=O)c2ccc(C(F)(F)Oc3ccc(-c4ccc(-c5cc(F)c(F)c(F)c5)c(F)c4)c(F)c3)c(F)c2)nc1. The van der Waals surface area contributed by atoms with Crippen LogP contribution in [0.5, 0.6) is 5.75 Å². The molecule has 0 amide bonds. The normalized spacial score (nSPS) is 11.5. The van der Waals surface area contributed by atoms with Gasteiger partial charge in [-0.15, -0.1) is 0 Å². The lowest BCUT2D eigenvalue weighted by Gasteiger charge is -2.19. The largest absolute Gasteiger partial charge is 0.429 e. The molecule has 0 saturated carbocycles. The van der Waals surface area contributed by atoms with Crippen molar-refractivity contribution in [1.29, 1.82) is 0 Å². The van der Waals surface area contributed by atoms with Crippen molar-refractivity contribution in [2.75, 3.05) is 0 Å². The Labute approximate surface area is 263 Å². The Morgan fingerprint density at radius 1 is 0.702 bits per heavy atom. The minimum atomic E-state index is -4.30. The predicted molar refractivity (Wildman–Crippen MR) is 157 cm³/mol. The zero-order chi connectivity index (χ0) is 33.9. The first-order chi connectivity index (χ1) is 22.4. The summed E-state index contributed by atoms with van der Waals surface area (Å²) in [6, 6.07) is 9.10. The molecule has 5 rings (SSSR count). The van der Waals surface area contributed by atoms with Crippen LogP contribution in [0, 0.1) is 34.9 Å². The maximum absolute atomic E-state index is 15.0. The molecule has 0 aliphatic heterocycles. The molecule has 47 heavy (non-hydrogen) atoms. The van der Waals surface area contributed by atoms with Gasteiger partial charge in [-0.2, -0.15) is 8.78 Å². The van der Waals surface area contributed by atoms with Crippen LogP contribution >= 0.6 is 0 Å². The first-order valence-corrected chi connectivity index (χ1v) is 14.3. The van der Waals surface area contributed by atoms with Crippen LogP contribution in [0.15, 0.2) is 79.1 Å². The summed E-state index contributed by atoms with van der Waals surface area (Å²) in [5.74, 6) is -10.1. The standard InChI is InChI=1S/C35H24F8N2O2/c1-2-3-4-5-19-17-44-34(45-18-19)33(46)21-7-11-26(29(38)13-21)35(42,43)47-23-8-10-24(28(37)16-23)20-6-9-25(27(36)12-20)22-14-30(39)32(41)31(40)15-22/h6-18H,2-5H2,1H3. The molecule has 0 unspecified atom stereocenters. The second kappa shape index (κ2) is 13.7. The number of alkyl halides is 2. The van der Waals surface area contributed by atoms with Crippen LogP contribution in [0.3, 0.4) is 0 Å². The highest BCUT2D eigenvalue weighted by Crippen LogP contribution is 2.36. The third-order valence-corrected chi connectivity index (χ3v) is 7.28. The average Bonchev–Trinajstić information content (AvgIpc) is 3.03. The zero-order valence-corrected chi connectivity index (χ0v) is 24.6. The molecule has 5 aromatic rings. The van der Waals surface area contributed by atoms with Crippen LogP contribution in [-0.2, 0) is 12.5 Å². The van der Waals surface area contributed by atoms with Crippen LogP contribution in [0.25, 0.3) is 22.3 Å². The lowest BCUT2D eigenvalue weighted by molar-refractivity contribution is -0.187. The van der Waals surface area contributed by atoms with Gasteiger partial charge in [-0.05, 0) is 72.0 Å². The number of carbonyl (C=O) groups excluding carboxylic acids is 1. The van der Waals surface area contributed by atoms with Gasteiger partial charge in [-0.3, -0.25) is 4.79 Å². The van der Waals surface area contributed by atoms with E-state index in [9.17, 15) is 31.1 Å². The Morgan fingerprint density at radius 3 is 1.94 bits per heavy atom. The van der Waals surface area contributed by atoms with E-state index in [0.717, 1.165) is 61.6 Å². The Morgan fingerprint density at radius 2 is 1.32 bits per heavy atom. The monoisotopic (exact) mass is 656 g/mol. The van der Waals surface area contributed by atoms with Crippen molar-refractivity contribution in [3.05, 3.63) is 137 Å². The molecule has 242 valence electrons. The number of rotatable bonds is 11. The summed E-state index contributed by atoms with van der Waals surface area (Å²) in [7, 11) is 0. The number of ketones is 1. The number of unbranched alkanes of at least 4 members (excludes halogenated alkanes) is 2. The maximum Gasteiger partial charge on any atom is 0.429 e. The topological polar surface area (TPSA) is 52.1 Å². The van der Waals surface area contributed by atoms with Gasteiger partial charge in [0.25, 0.3) is 0 Å². The molecule has 0 aliphatic rings. The van der Waals surface area contributed by atoms with E-state index in [1.54, 1.807) is 0 Å². The highest BCUT2D eigenvalue weighted by molar-refractivity contribution is 6.06. The molecular formula is C35H24F8N2O2. The van der Waals surface area contributed by atoms with E-state index < -0.39 is 58.1 Å². The Bertz CT molecular complexity index is 1920. The fourth-order valence-electron chi connectivity index (χ4n) is 4.83. The highest BCUT2D eigenvalue weighted by atomic mass is 19.3. The Balaban J connectivity index is 1.31. The third-order valence-electron chi connectivity index (χ3n) is 7.28. The van der Waals surface area contributed by atoms with E-state index in [2.05, 4.69) is 21.6 Å². The van der Waals surface area contributed by atoms with Crippen molar-refractivity contribution in [1.82, 2.24) is 9.97 Å². The fourth-order valence-corrected chi connectivity index (χ4v) is 4.83. The molecule has 4 aromatic carbocycles. The first kappa shape index (κ1) is 33.2. The third kappa shape index (κ3) is 7.32. The number of aryl methyl sites for hydroxylation is 1. The second-order valence-corrected chi connectivity index (χ2v) is 10.6. The van der Waals surface area contributed by atoms with Crippen LogP contribution in [0.2, 0.25) is 0 Å². The molecule has 0 aliphatic carbocycles. The van der Waals surface area contributed by atoms with Gasteiger partial charge in [-0.1, -0.05) is 38.0 Å². The second-order valence-electron chi connectivity index (χ2n) is 10.6. The van der Waals surface area contributed by atoms with E-state index in [1.165, 1.54) is 18.5 Å². The molecule has 0 atom stereocenters. The molecule has 0 spiro atoms. The quantitative estimate of drug-likeness (QED) is 0.0615. The average molecular weight is 657 g/mol. The Kier molecular flexibility index (Phi) is 9.69. The van der Waals surface area contributed by atoms with Gasteiger partial charge in [0.2, 0.25) is 11.6 Å². The number of halogens is 8. The van der Waals surface area contributed by atoms with Crippen molar-refractivity contribution in [2.24, 2.45) is 0 Å². The molecule has 4 nitrogen and oxygen atoms in total. The molecule has 0 bridgehead atoms. The van der Waals surface area contributed by atoms with Crippen LogP contribution in [-0.4, -0.2) is 15.8 Å². The number of nitrogens with zero attached hydrogens (tertiary/aromatic N) is 2. The van der Waals surface area contributed by atoms with Crippen LogP contribution in [0.1, 0.15) is 53.5 Å². The minimum absolute atomic E-state index is 0.0634. The van der Waals surface area contributed by atoms with E-state index in [-0.39, 0.29) is 33.6 Å². The predicted octanol–water partition coefficient (Wildman–Crippen LogP) is 9.74. The van der Waals surface area contributed by atoms with Gasteiger partial charge in [0.15, 0.2) is 17.5 Å². The number of carbonyl (C=O) groups is 1. The van der Waals surface area contributed by atoms with Crippen LogP contribution < -0.4 is 4.74 Å². The van der Waals surface area contributed by atoms with Crippen molar-refractivity contribution >= 4 is 5.78 Å². The summed E-state index contributed by atoms with van der Waals surface area (Å²) in [6.45, 7) is 2.06. The zero-order valence-electron chi connectivity index (χ0n) is 24.6. The summed E-state index contributed by atoms with van der Waals surface area (Å²) < 4.78 is 120. The first-order valence-electron chi connectivity index (χ1n) is 14.3. The number of hydrogen-bond acceptors (Lipinski definition) is 4. The minimum Gasteiger partial charge on any atom is -0.429 e. The van der Waals surface area contributed by atoms with E-state index >= 15 is 8.78 Å². The summed E-state index contributed by atoms with van der Waals surface area (Å²) in [4.78, 5) is 20.8. The molecule has 1 aromatic heterocycles. The number of benzene rings is 4. The van der Waals surface area contributed by atoms with E-state index in [1.807, 2.05) is 0 Å². The van der Waals surface area contributed by atoms with Crippen molar-refractivity contribution < 1.29 is 44.7 Å². The van der Waals surface area contributed by atoms with Gasteiger partial charge in [0, 0.05) is 35.2 Å². The molecule has 0 N–H and O–H groups in total. The maximum atomic E-state index is 15.0. The molecular weight excluding hydrogens is 632 g/mol. The number of aromatic nitrogens is 2. The molecule has 0 radical (unpaired) electrons. The molecule has 0 fully saturated rings. The summed E-state index contributed by atoms with van der Waals surface area (Å²) >= 11 is 0. The van der Waals surface area contributed by atoms with Gasteiger partial charge < -0.3 is 4.74 Å². The van der Waals surface area contributed by atoms with Gasteiger partial charge in [0.05, 0.1) is 5.56 Å². The summed E-state index contributed by atoms with van der Waals surface area (Å²) in [6.07, 6.45) is 2.37. The lowest BCUT2D eigenvalue weighted by atomic mass is 9.99. The molecule has 0 saturated heterocycles. The van der Waals surface area contributed by atoms with Crippen LogP contribution in [0.4, 0.5) is 35.1 Å². The van der Waals surface area contributed by atoms with Gasteiger partial charge in [0.1, 0.15) is 23.2 Å². The smallest absolute Gasteiger partial charge is 0.429 e. The fraction of sp³-hybridized carbons (Fsp3) is 0.171. The summed E-state index contributed by atoms with van der Waals surface area (Å²) in [5, 5.41) is 0. The van der Waals surface area contributed by atoms with Gasteiger partial charge in [-0.25, -0.2) is 36.3 Å². The Hall–Kier alpha value is -5.13. The van der Waals surface area contributed by atoms with Crippen molar-refractivity contribution in [3.63, 3.8) is 0 Å². The number of hydrogen-bond donors (Lipinski definition) is 0. The number of ether oxygens (including phenoxy) is 1. The van der Waals surface area contributed by atoms with Crippen molar-refractivity contribution in [3.8, 4) is 28.0 Å². The summed E-state index contributed by atoms with van der Waals surface area (Å²) in [5.41, 5.74) is -1.59. The van der Waals surface area contributed by atoms with E-state index in [4.69, 9.17) is 0 Å².